The van der Waals surface area contributed by atoms with Gasteiger partial charge in [-0.2, -0.15) is 0 Å². The molecule has 0 unspecified atom stereocenters. The zero-order valence-electron chi connectivity index (χ0n) is 10.8. The molecule has 1 aromatic rings. The zero-order chi connectivity index (χ0) is 13.0. The van der Waals surface area contributed by atoms with Crippen LogP contribution in [-0.4, -0.2) is 18.5 Å². The summed E-state index contributed by atoms with van der Waals surface area (Å²) >= 11 is 1.46. The number of carbonyl (C=O) groups excluding carboxylic acids is 1. The van der Waals surface area contributed by atoms with E-state index in [9.17, 15) is 4.79 Å². The molecule has 0 atom stereocenters. The Balaban J connectivity index is 1.99. The van der Waals surface area contributed by atoms with E-state index < -0.39 is 0 Å². The summed E-state index contributed by atoms with van der Waals surface area (Å²) < 4.78 is 0. The van der Waals surface area contributed by atoms with Crippen LogP contribution in [0.2, 0.25) is 0 Å². The van der Waals surface area contributed by atoms with Crippen LogP contribution in [0, 0.1) is 0 Å². The summed E-state index contributed by atoms with van der Waals surface area (Å²) in [5.41, 5.74) is 6.48. The first-order valence-corrected chi connectivity index (χ1v) is 7.46. The van der Waals surface area contributed by atoms with Gasteiger partial charge in [-0.05, 0) is 25.3 Å². The summed E-state index contributed by atoms with van der Waals surface area (Å²) in [5, 5.41) is 7.35. The fourth-order valence-corrected chi connectivity index (χ4v) is 3.22. The highest BCUT2D eigenvalue weighted by Crippen LogP contribution is 2.32. The van der Waals surface area contributed by atoms with Crippen molar-refractivity contribution in [2.45, 2.75) is 45.1 Å². The standard InChI is InChI=1S/C13H21N3OS/c1-2-7-15-13(17)12-10(14)8-11(18-12)16-9-5-3-4-6-9/h8-9,16H,2-7,14H2,1H3,(H,15,17). The molecule has 5 heteroatoms. The lowest BCUT2D eigenvalue weighted by molar-refractivity contribution is 0.0958. The van der Waals surface area contributed by atoms with Gasteiger partial charge in [0, 0.05) is 12.6 Å². The molecule has 1 heterocycles. The highest BCUT2D eigenvalue weighted by Gasteiger charge is 2.18. The molecule has 2 rings (SSSR count). The number of rotatable bonds is 5. The first-order valence-electron chi connectivity index (χ1n) is 6.64. The van der Waals surface area contributed by atoms with Crippen molar-refractivity contribution < 1.29 is 4.79 Å². The number of nitrogens with one attached hydrogen (secondary N) is 2. The van der Waals surface area contributed by atoms with Gasteiger partial charge in [0.25, 0.3) is 5.91 Å². The number of amides is 1. The third kappa shape index (κ3) is 3.16. The predicted molar refractivity (Wildman–Crippen MR) is 77.2 cm³/mol. The third-order valence-electron chi connectivity index (χ3n) is 3.20. The van der Waals surface area contributed by atoms with E-state index in [-0.39, 0.29) is 5.91 Å². The SMILES string of the molecule is CCCNC(=O)c1sc(NC2CCCC2)cc1N. The number of nitrogens with two attached hydrogens (primary N) is 1. The molecule has 100 valence electrons. The van der Waals surface area contributed by atoms with Gasteiger partial charge < -0.3 is 16.4 Å². The van der Waals surface area contributed by atoms with Crippen LogP contribution in [0.25, 0.3) is 0 Å². The molecule has 0 bridgehead atoms. The van der Waals surface area contributed by atoms with E-state index in [1.807, 2.05) is 13.0 Å². The highest BCUT2D eigenvalue weighted by molar-refractivity contribution is 7.18. The van der Waals surface area contributed by atoms with E-state index in [1.165, 1.54) is 37.0 Å². The summed E-state index contributed by atoms with van der Waals surface area (Å²) in [7, 11) is 0. The van der Waals surface area contributed by atoms with Crippen LogP contribution in [-0.2, 0) is 0 Å². The minimum absolute atomic E-state index is 0.0566. The lowest BCUT2D eigenvalue weighted by atomic mass is 10.2. The van der Waals surface area contributed by atoms with Gasteiger partial charge in [0.1, 0.15) is 4.88 Å². The lowest BCUT2D eigenvalue weighted by Gasteiger charge is -2.10. The maximum atomic E-state index is 11.9. The van der Waals surface area contributed by atoms with Crippen LogP contribution in [0.3, 0.4) is 0 Å². The van der Waals surface area contributed by atoms with Crippen molar-refractivity contribution in [2.24, 2.45) is 0 Å². The normalized spacial score (nSPS) is 15.8. The van der Waals surface area contributed by atoms with Crippen LogP contribution in [0.4, 0.5) is 10.7 Å². The van der Waals surface area contributed by atoms with E-state index in [4.69, 9.17) is 5.73 Å². The Morgan fingerprint density at radius 1 is 1.50 bits per heavy atom. The molecule has 0 radical (unpaired) electrons. The summed E-state index contributed by atoms with van der Waals surface area (Å²) in [5.74, 6) is -0.0566. The molecular weight excluding hydrogens is 246 g/mol. The molecule has 1 fully saturated rings. The van der Waals surface area contributed by atoms with Crippen LogP contribution < -0.4 is 16.4 Å². The molecule has 1 aliphatic rings. The fraction of sp³-hybridized carbons (Fsp3) is 0.615. The number of carbonyl (C=O) groups is 1. The zero-order valence-corrected chi connectivity index (χ0v) is 11.6. The molecule has 0 spiro atoms. The second kappa shape index (κ2) is 6.09. The van der Waals surface area contributed by atoms with E-state index >= 15 is 0 Å². The summed E-state index contributed by atoms with van der Waals surface area (Å²) in [6.45, 7) is 2.73. The van der Waals surface area contributed by atoms with E-state index in [0.29, 0.717) is 23.2 Å². The Kier molecular flexibility index (Phi) is 4.47. The second-order valence-corrected chi connectivity index (χ2v) is 5.83. The van der Waals surface area contributed by atoms with Crippen molar-refractivity contribution in [1.82, 2.24) is 5.32 Å². The maximum Gasteiger partial charge on any atom is 0.263 e. The number of hydrogen-bond donors (Lipinski definition) is 3. The van der Waals surface area contributed by atoms with E-state index in [2.05, 4.69) is 10.6 Å². The van der Waals surface area contributed by atoms with Gasteiger partial charge in [-0.25, -0.2) is 0 Å². The number of hydrogen-bond acceptors (Lipinski definition) is 4. The molecule has 1 saturated carbocycles. The van der Waals surface area contributed by atoms with Gasteiger partial charge in [0.05, 0.1) is 10.7 Å². The Bertz CT molecular complexity index is 410. The molecule has 1 aliphatic carbocycles. The minimum Gasteiger partial charge on any atom is -0.397 e. The van der Waals surface area contributed by atoms with Crippen molar-refractivity contribution in [2.75, 3.05) is 17.6 Å². The van der Waals surface area contributed by atoms with Crippen molar-refractivity contribution in [3.63, 3.8) is 0 Å². The lowest BCUT2D eigenvalue weighted by Crippen LogP contribution is -2.23. The topological polar surface area (TPSA) is 67.2 Å². The van der Waals surface area contributed by atoms with Gasteiger partial charge in [-0.15, -0.1) is 11.3 Å². The summed E-state index contributed by atoms with van der Waals surface area (Å²) in [4.78, 5) is 12.5. The smallest absolute Gasteiger partial charge is 0.263 e. The van der Waals surface area contributed by atoms with Gasteiger partial charge >= 0.3 is 0 Å². The Labute approximate surface area is 112 Å². The molecule has 0 aliphatic heterocycles. The molecule has 4 nitrogen and oxygen atoms in total. The quantitative estimate of drug-likeness (QED) is 0.768. The molecule has 1 amide bonds. The predicted octanol–water partition coefficient (Wildman–Crippen LogP) is 2.82. The molecule has 4 N–H and O–H groups in total. The molecular formula is C13H21N3OS. The average Bonchev–Trinajstić information content (AvgIpc) is 2.96. The average molecular weight is 267 g/mol. The summed E-state index contributed by atoms with van der Waals surface area (Å²) in [6.07, 6.45) is 5.96. The minimum atomic E-state index is -0.0566. The molecule has 0 saturated heterocycles. The Hall–Kier alpha value is -1.23. The van der Waals surface area contributed by atoms with Crippen LogP contribution >= 0.6 is 11.3 Å². The highest BCUT2D eigenvalue weighted by atomic mass is 32.1. The third-order valence-corrected chi connectivity index (χ3v) is 4.28. The number of thiophene rings is 1. The van der Waals surface area contributed by atoms with Crippen molar-refractivity contribution in [3.8, 4) is 0 Å². The van der Waals surface area contributed by atoms with Gasteiger partial charge in [-0.1, -0.05) is 19.8 Å². The monoisotopic (exact) mass is 267 g/mol. The first-order chi connectivity index (χ1) is 8.70. The largest absolute Gasteiger partial charge is 0.397 e. The number of nitrogen functional groups attached to an aromatic ring is 1. The van der Waals surface area contributed by atoms with Crippen molar-refractivity contribution >= 4 is 27.9 Å². The molecule has 0 aromatic carbocycles. The second-order valence-electron chi connectivity index (χ2n) is 4.78. The maximum absolute atomic E-state index is 11.9. The van der Waals surface area contributed by atoms with E-state index in [0.717, 1.165) is 11.4 Å². The summed E-state index contributed by atoms with van der Waals surface area (Å²) in [6, 6.07) is 2.43. The molecule has 18 heavy (non-hydrogen) atoms. The fourth-order valence-electron chi connectivity index (χ4n) is 2.24. The van der Waals surface area contributed by atoms with Crippen molar-refractivity contribution in [1.29, 1.82) is 0 Å². The van der Waals surface area contributed by atoms with Gasteiger partial charge in [-0.3, -0.25) is 4.79 Å². The van der Waals surface area contributed by atoms with Crippen LogP contribution in [0.5, 0.6) is 0 Å². The van der Waals surface area contributed by atoms with E-state index in [1.54, 1.807) is 0 Å². The van der Waals surface area contributed by atoms with Gasteiger partial charge in [0.15, 0.2) is 0 Å². The number of anilines is 2. The van der Waals surface area contributed by atoms with Crippen molar-refractivity contribution in [3.05, 3.63) is 10.9 Å². The Morgan fingerprint density at radius 2 is 2.22 bits per heavy atom. The van der Waals surface area contributed by atoms with Crippen LogP contribution in [0.15, 0.2) is 6.07 Å². The first kappa shape index (κ1) is 13.2. The molecule has 1 aromatic heterocycles. The van der Waals surface area contributed by atoms with Gasteiger partial charge in [0.2, 0.25) is 0 Å². The van der Waals surface area contributed by atoms with Crippen LogP contribution in [0.1, 0.15) is 48.7 Å². The Morgan fingerprint density at radius 3 is 2.89 bits per heavy atom.